The average Bonchev–Trinajstić information content (AvgIpc) is 3.12. The molecule has 1 N–H and O–H groups in total. The lowest BCUT2D eigenvalue weighted by molar-refractivity contribution is 0.140. The number of rotatable bonds is 4. The summed E-state index contributed by atoms with van der Waals surface area (Å²) in [5.74, 6) is 0. The van der Waals surface area contributed by atoms with Crippen molar-refractivity contribution in [2.24, 2.45) is 0 Å². The van der Waals surface area contributed by atoms with Crippen molar-refractivity contribution in [3.8, 4) is 0 Å². The number of hydrogen-bond donors (Lipinski definition) is 1. The van der Waals surface area contributed by atoms with Crippen LogP contribution >= 0.6 is 0 Å². The number of likely N-dealkylation sites (N-methyl/N-ethyl adjacent to an activating group) is 1. The molecule has 0 saturated carbocycles. The van der Waals surface area contributed by atoms with Gasteiger partial charge in [-0.1, -0.05) is 30.3 Å². The van der Waals surface area contributed by atoms with Gasteiger partial charge in [0.15, 0.2) is 0 Å². The van der Waals surface area contributed by atoms with Gasteiger partial charge >= 0.3 is 6.03 Å². The Morgan fingerprint density at radius 3 is 2.35 bits per heavy atom. The Labute approximate surface area is 139 Å². The molecule has 2 amide bonds. The number of nitrogens with one attached hydrogen (secondary N) is 1. The number of hydrogen-bond acceptors (Lipinski definition) is 3. The first-order chi connectivity index (χ1) is 11.2. The predicted octanol–water partition coefficient (Wildman–Crippen LogP) is 1.78. The van der Waals surface area contributed by atoms with Crippen molar-refractivity contribution in [1.29, 1.82) is 0 Å². The van der Waals surface area contributed by atoms with Crippen molar-refractivity contribution in [2.75, 3.05) is 52.9 Å². The van der Waals surface area contributed by atoms with Gasteiger partial charge in [-0.25, -0.2) is 4.79 Å². The summed E-state index contributed by atoms with van der Waals surface area (Å²) >= 11 is 0. The Morgan fingerprint density at radius 1 is 1.04 bits per heavy atom. The van der Waals surface area contributed by atoms with E-state index >= 15 is 0 Å². The van der Waals surface area contributed by atoms with Crippen LogP contribution in [0.3, 0.4) is 0 Å². The van der Waals surface area contributed by atoms with E-state index < -0.39 is 0 Å². The van der Waals surface area contributed by atoms with Crippen LogP contribution in [0.4, 0.5) is 4.79 Å². The molecule has 2 aliphatic heterocycles. The Kier molecular flexibility index (Phi) is 5.51. The van der Waals surface area contributed by atoms with Gasteiger partial charge in [-0.15, -0.1) is 0 Å². The van der Waals surface area contributed by atoms with Crippen LogP contribution in [0, 0.1) is 0 Å². The van der Waals surface area contributed by atoms with E-state index in [2.05, 4.69) is 34.3 Å². The number of nitrogens with zero attached hydrogens (tertiary/aromatic N) is 3. The van der Waals surface area contributed by atoms with Crippen molar-refractivity contribution in [2.45, 2.75) is 18.9 Å². The quantitative estimate of drug-likeness (QED) is 0.920. The van der Waals surface area contributed by atoms with Crippen LogP contribution < -0.4 is 5.32 Å². The molecule has 5 nitrogen and oxygen atoms in total. The number of carbonyl (C=O) groups excluding carboxylic acids is 1. The molecule has 0 unspecified atom stereocenters. The number of amides is 2. The van der Waals surface area contributed by atoms with Crippen molar-refractivity contribution < 1.29 is 4.79 Å². The molecule has 126 valence electrons. The van der Waals surface area contributed by atoms with Gasteiger partial charge in [0, 0.05) is 45.8 Å². The summed E-state index contributed by atoms with van der Waals surface area (Å²) < 4.78 is 0. The van der Waals surface area contributed by atoms with E-state index in [1.165, 1.54) is 5.56 Å². The Morgan fingerprint density at radius 2 is 1.70 bits per heavy atom. The lowest BCUT2D eigenvalue weighted by atomic mass is 10.1. The van der Waals surface area contributed by atoms with Gasteiger partial charge in [0.1, 0.15) is 0 Å². The van der Waals surface area contributed by atoms with Crippen LogP contribution in [-0.2, 0) is 0 Å². The van der Waals surface area contributed by atoms with Crippen LogP contribution in [0.25, 0.3) is 0 Å². The summed E-state index contributed by atoms with van der Waals surface area (Å²) in [5, 5.41) is 3.27. The van der Waals surface area contributed by atoms with E-state index in [4.69, 9.17) is 0 Å². The second-order valence-corrected chi connectivity index (χ2v) is 6.71. The first kappa shape index (κ1) is 16.3. The minimum absolute atomic E-state index is 0.0627. The zero-order chi connectivity index (χ0) is 16.1. The Hall–Kier alpha value is -1.59. The topological polar surface area (TPSA) is 38.8 Å². The van der Waals surface area contributed by atoms with Gasteiger partial charge in [0.2, 0.25) is 0 Å². The maximum Gasteiger partial charge on any atom is 0.317 e. The molecule has 0 spiro atoms. The molecular weight excluding hydrogens is 288 g/mol. The van der Waals surface area contributed by atoms with E-state index in [1.807, 2.05) is 23.1 Å². The summed E-state index contributed by atoms with van der Waals surface area (Å²) in [7, 11) is 2.17. The molecule has 1 aromatic carbocycles. The smallest absolute Gasteiger partial charge is 0.317 e. The third kappa shape index (κ3) is 4.45. The molecule has 1 aromatic rings. The summed E-state index contributed by atoms with van der Waals surface area (Å²) in [6.07, 6.45) is 2.25. The molecule has 0 bridgehead atoms. The van der Waals surface area contributed by atoms with Crippen LogP contribution in [-0.4, -0.2) is 73.6 Å². The number of likely N-dealkylation sites (tertiary alicyclic amines) is 1. The molecule has 2 heterocycles. The van der Waals surface area contributed by atoms with Gasteiger partial charge in [0.25, 0.3) is 0 Å². The van der Waals surface area contributed by atoms with Crippen molar-refractivity contribution in [3.05, 3.63) is 35.9 Å². The van der Waals surface area contributed by atoms with Crippen LogP contribution in [0.1, 0.15) is 24.4 Å². The molecule has 0 aliphatic carbocycles. The summed E-state index contributed by atoms with van der Waals surface area (Å²) in [6.45, 7) is 7.00. The first-order valence-corrected chi connectivity index (χ1v) is 8.73. The van der Waals surface area contributed by atoms with Crippen LogP contribution in [0.2, 0.25) is 0 Å². The van der Waals surface area contributed by atoms with E-state index in [1.54, 1.807) is 0 Å². The van der Waals surface area contributed by atoms with Gasteiger partial charge in [-0.05, 0) is 25.5 Å². The fraction of sp³-hybridized carbons (Fsp3) is 0.611. The van der Waals surface area contributed by atoms with Gasteiger partial charge in [0.05, 0.1) is 6.04 Å². The van der Waals surface area contributed by atoms with Crippen molar-refractivity contribution in [1.82, 2.24) is 20.0 Å². The highest BCUT2D eigenvalue weighted by Crippen LogP contribution is 2.17. The predicted molar refractivity (Wildman–Crippen MR) is 92.5 cm³/mol. The fourth-order valence-corrected chi connectivity index (χ4v) is 3.37. The molecule has 5 heteroatoms. The summed E-state index contributed by atoms with van der Waals surface area (Å²) in [4.78, 5) is 19.3. The third-order valence-corrected chi connectivity index (χ3v) is 4.93. The number of benzene rings is 1. The summed E-state index contributed by atoms with van der Waals surface area (Å²) in [6, 6.07) is 10.5. The molecule has 3 rings (SSSR count). The van der Waals surface area contributed by atoms with Crippen molar-refractivity contribution in [3.63, 3.8) is 0 Å². The van der Waals surface area contributed by atoms with Crippen LogP contribution in [0.5, 0.6) is 0 Å². The molecule has 23 heavy (non-hydrogen) atoms. The zero-order valence-corrected chi connectivity index (χ0v) is 14.1. The SMILES string of the molecule is CN1CCN(C[C@@H](NC(=O)N2CCCC2)c2ccccc2)CC1. The number of carbonyl (C=O) groups is 1. The molecule has 0 aromatic heterocycles. The van der Waals surface area contributed by atoms with Gasteiger partial charge in [-0.2, -0.15) is 0 Å². The second-order valence-electron chi connectivity index (χ2n) is 6.71. The van der Waals surface area contributed by atoms with Crippen molar-refractivity contribution >= 4 is 6.03 Å². The standard InChI is InChI=1S/C18H28N4O/c1-20-11-13-21(14-12-20)15-17(16-7-3-2-4-8-16)19-18(23)22-9-5-6-10-22/h2-4,7-8,17H,5-6,9-15H2,1H3,(H,19,23)/t17-/m1/s1. The van der Waals surface area contributed by atoms with E-state index in [9.17, 15) is 4.79 Å². The van der Waals surface area contributed by atoms with E-state index in [-0.39, 0.29) is 12.1 Å². The minimum Gasteiger partial charge on any atom is -0.330 e. The van der Waals surface area contributed by atoms with Gasteiger partial charge in [-0.3, -0.25) is 4.90 Å². The first-order valence-electron chi connectivity index (χ1n) is 8.73. The number of urea groups is 1. The normalized spacial score (nSPS) is 21.3. The lowest BCUT2D eigenvalue weighted by Crippen LogP contribution is -2.49. The molecule has 2 saturated heterocycles. The lowest BCUT2D eigenvalue weighted by Gasteiger charge is -2.35. The highest BCUT2D eigenvalue weighted by atomic mass is 16.2. The Bertz CT molecular complexity index is 493. The molecule has 2 fully saturated rings. The maximum absolute atomic E-state index is 12.5. The van der Waals surface area contributed by atoms with Gasteiger partial charge < -0.3 is 15.1 Å². The van der Waals surface area contributed by atoms with Crippen LogP contribution in [0.15, 0.2) is 30.3 Å². The summed E-state index contributed by atoms with van der Waals surface area (Å²) in [5.41, 5.74) is 1.19. The largest absolute Gasteiger partial charge is 0.330 e. The average molecular weight is 316 g/mol. The molecular formula is C18H28N4O. The van der Waals surface area contributed by atoms with E-state index in [0.29, 0.717) is 0 Å². The minimum atomic E-state index is 0.0627. The Balaban J connectivity index is 1.65. The highest BCUT2D eigenvalue weighted by molar-refractivity contribution is 5.75. The monoisotopic (exact) mass is 316 g/mol. The highest BCUT2D eigenvalue weighted by Gasteiger charge is 2.24. The maximum atomic E-state index is 12.5. The molecule has 2 aliphatic rings. The molecule has 1 atom stereocenters. The second kappa shape index (κ2) is 7.79. The molecule has 0 radical (unpaired) electrons. The third-order valence-electron chi connectivity index (χ3n) is 4.93. The number of piperazine rings is 1. The zero-order valence-electron chi connectivity index (χ0n) is 14.1. The van der Waals surface area contributed by atoms with E-state index in [0.717, 1.165) is 58.7 Å². The fourth-order valence-electron chi connectivity index (χ4n) is 3.37.